The Hall–Kier alpha value is -1.02. The van der Waals surface area contributed by atoms with Crippen molar-refractivity contribution >= 4 is 0 Å². The summed E-state index contributed by atoms with van der Waals surface area (Å²) >= 11 is 0. The fraction of sp³-hybridized carbons (Fsp3) is 0.684. The molecule has 138 valence electrons. The second kappa shape index (κ2) is 6.01. The lowest BCUT2D eigenvalue weighted by atomic mass is 9.85. The summed E-state index contributed by atoms with van der Waals surface area (Å²) in [5.74, 6) is -1.56. The summed E-state index contributed by atoms with van der Waals surface area (Å²) in [5.41, 5.74) is 1.07. The van der Waals surface area contributed by atoms with Crippen LogP contribution in [0.4, 0.5) is 0 Å². The summed E-state index contributed by atoms with van der Waals surface area (Å²) < 4.78 is 30.2. The van der Waals surface area contributed by atoms with Gasteiger partial charge in [0.1, 0.15) is 36.6 Å². The van der Waals surface area contributed by atoms with Crippen LogP contribution in [0.15, 0.2) is 30.3 Å². The average molecular weight is 350 g/mol. The van der Waals surface area contributed by atoms with Crippen molar-refractivity contribution in [2.45, 2.75) is 82.5 Å². The lowest BCUT2D eigenvalue weighted by Crippen LogP contribution is -2.62. The molecule has 6 heteroatoms. The summed E-state index contributed by atoms with van der Waals surface area (Å²) in [6.45, 7) is 7.80. The van der Waals surface area contributed by atoms with E-state index in [0.717, 1.165) is 5.56 Å². The first-order chi connectivity index (χ1) is 11.8. The molecule has 4 rings (SSSR count). The molecule has 0 bridgehead atoms. The van der Waals surface area contributed by atoms with Gasteiger partial charge < -0.3 is 28.8 Å². The van der Waals surface area contributed by atoms with Gasteiger partial charge in [-0.25, -0.2) is 0 Å². The molecule has 3 aliphatic rings. The fourth-order valence-electron chi connectivity index (χ4n) is 4.00. The molecule has 0 amide bonds. The number of benzene rings is 1. The van der Waals surface area contributed by atoms with E-state index in [9.17, 15) is 5.11 Å². The molecule has 0 spiro atoms. The largest absolute Gasteiger partial charge is 0.387 e. The van der Waals surface area contributed by atoms with E-state index in [1.807, 2.05) is 58.0 Å². The number of hydrogen-bond acceptors (Lipinski definition) is 6. The molecule has 6 atom stereocenters. The molecule has 1 aliphatic carbocycles. The second-order valence-corrected chi connectivity index (χ2v) is 7.88. The van der Waals surface area contributed by atoms with E-state index >= 15 is 0 Å². The van der Waals surface area contributed by atoms with Crippen LogP contribution in [0.3, 0.4) is 0 Å². The third-order valence-corrected chi connectivity index (χ3v) is 4.93. The van der Waals surface area contributed by atoms with Crippen LogP contribution >= 0.6 is 0 Å². The van der Waals surface area contributed by atoms with Crippen molar-refractivity contribution in [3.63, 3.8) is 0 Å². The van der Waals surface area contributed by atoms with Gasteiger partial charge in [0.2, 0.25) is 0 Å². The van der Waals surface area contributed by atoms with Crippen LogP contribution in [0, 0.1) is 0 Å². The normalized spacial score (nSPS) is 41.3. The molecular weight excluding hydrogens is 324 g/mol. The van der Waals surface area contributed by atoms with Gasteiger partial charge in [0.25, 0.3) is 0 Å². The van der Waals surface area contributed by atoms with Crippen LogP contribution < -0.4 is 0 Å². The van der Waals surface area contributed by atoms with Gasteiger partial charge in [-0.1, -0.05) is 30.3 Å². The van der Waals surface area contributed by atoms with Crippen LogP contribution in [0.5, 0.6) is 0 Å². The Morgan fingerprint density at radius 2 is 1.32 bits per heavy atom. The summed E-state index contributed by atoms with van der Waals surface area (Å²) in [6, 6.07) is 9.95. The smallest absolute Gasteiger partial charge is 0.164 e. The Morgan fingerprint density at radius 1 is 0.840 bits per heavy atom. The van der Waals surface area contributed by atoms with Gasteiger partial charge in [-0.05, 0) is 33.3 Å². The number of rotatable bonds is 3. The first-order valence-corrected chi connectivity index (χ1v) is 8.81. The van der Waals surface area contributed by atoms with Crippen molar-refractivity contribution in [1.29, 1.82) is 0 Å². The zero-order valence-electron chi connectivity index (χ0n) is 15.0. The van der Waals surface area contributed by atoms with Crippen molar-refractivity contribution in [1.82, 2.24) is 0 Å². The highest BCUT2D eigenvalue weighted by atomic mass is 16.8. The number of ether oxygens (including phenoxy) is 5. The summed E-state index contributed by atoms with van der Waals surface area (Å²) in [5, 5.41) is 10.8. The molecule has 3 fully saturated rings. The predicted molar refractivity (Wildman–Crippen MR) is 88.7 cm³/mol. The second-order valence-electron chi connectivity index (χ2n) is 7.88. The zero-order valence-corrected chi connectivity index (χ0v) is 15.0. The topological polar surface area (TPSA) is 66.4 Å². The number of aliphatic hydroxyl groups excluding tert-OH is 1. The molecule has 2 saturated heterocycles. The highest BCUT2D eigenvalue weighted by Crippen LogP contribution is 2.45. The number of fused-ring (bicyclic) bond motifs is 2. The third-order valence-electron chi connectivity index (χ3n) is 4.93. The molecule has 0 aromatic heterocycles. The van der Waals surface area contributed by atoms with Crippen molar-refractivity contribution < 1.29 is 28.8 Å². The van der Waals surface area contributed by atoms with E-state index < -0.39 is 42.1 Å². The average Bonchev–Trinajstić information content (AvgIpc) is 3.04. The quantitative estimate of drug-likeness (QED) is 0.899. The minimum absolute atomic E-state index is 0.387. The van der Waals surface area contributed by atoms with Crippen molar-refractivity contribution in [2.24, 2.45) is 0 Å². The van der Waals surface area contributed by atoms with Gasteiger partial charge in [-0.15, -0.1) is 0 Å². The molecule has 2 aliphatic heterocycles. The molecule has 1 saturated carbocycles. The Bertz CT molecular complexity index is 584. The van der Waals surface area contributed by atoms with Gasteiger partial charge in [-0.2, -0.15) is 0 Å². The highest BCUT2D eigenvalue weighted by Gasteiger charge is 2.63. The summed E-state index contributed by atoms with van der Waals surface area (Å²) in [6.07, 6.45) is -3.04. The maximum atomic E-state index is 10.8. The molecule has 25 heavy (non-hydrogen) atoms. The maximum absolute atomic E-state index is 10.8. The first kappa shape index (κ1) is 17.4. The Kier molecular flexibility index (Phi) is 4.18. The lowest BCUT2D eigenvalue weighted by molar-refractivity contribution is -0.190. The molecule has 0 radical (unpaired) electrons. The standard InChI is InChI=1S/C19H26O6/c1-18(2)22-13-12(20)14-17(25-19(3,4)23-14)15(16(13)24-18)21-10-11-8-6-5-7-9-11/h5-9,12-17,20H,10H2,1-4H3/t12?,13-,14-,15?,16-,17+/m1/s1. The first-order valence-electron chi connectivity index (χ1n) is 8.81. The molecule has 1 N–H and O–H groups in total. The Labute approximate surface area is 148 Å². The van der Waals surface area contributed by atoms with E-state index in [0.29, 0.717) is 6.61 Å². The summed E-state index contributed by atoms with van der Waals surface area (Å²) in [7, 11) is 0. The van der Waals surface area contributed by atoms with Crippen molar-refractivity contribution in [2.75, 3.05) is 0 Å². The molecule has 6 nitrogen and oxygen atoms in total. The number of hydrogen-bond donors (Lipinski definition) is 1. The molecular formula is C19H26O6. The monoisotopic (exact) mass is 350 g/mol. The Morgan fingerprint density at radius 3 is 1.84 bits per heavy atom. The molecule has 1 aromatic carbocycles. The lowest BCUT2D eigenvalue weighted by Gasteiger charge is -2.40. The van der Waals surface area contributed by atoms with Crippen molar-refractivity contribution in [3.05, 3.63) is 35.9 Å². The SMILES string of the molecule is CC1(C)O[C@@H]2C(O)[C@H]3OC(C)(C)O[C@H]3C(OCc3ccccc3)[C@H]2O1. The maximum Gasteiger partial charge on any atom is 0.164 e. The van der Waals surface area contributed by atoms with Gasteiger partial charge >= 0.3 is 0 Å². The van der Waals surface area contributed by atoms with Gasteiger partial charge in [0, 0.05) is 0 Å². The highest BCUT2D eigenvalue weighted by molar-refractivity contribution is 5.14. The Balaban J connectivity index is 1.59. The summed E-state index contributed by atoms with van der Waals surface area (Å²) in [4.78, 5) is 0. The minimum atomic E-state index is -0.824. The van der Waals surface area contributed by atoms with Crippen LogP contribution in [-0.2, 0) is 30.3 Å². The zero-order chi connectivity index (χ0) is 17.8. The van der Waals surface area contributed by atoms with Crippen LogP contribution in [0.2, 0.25) is 0 Å². The third kappa shape index (κ3) is 3.23. The molecule has 1 aromatic rings. The number of aliphatic hydroxyl groups is 1. The fourth-order valence-corrected chi connectivity index (χ4v) is 4.00. The van der Waals surface area contributed by atoms with Crippen LogP contribution in [-0.4, -0.2) is 53.3 Å². The van der Waals surface area contributed by atoms with Crippen LogP contribution in [0.25, 0.3) is 0 Å². The van der Waals surface area contributed by atoms with E-state index in [-0.39, 0.29) is 6.10 Å². The molecule has 2 heterocycles. The van der Waals surface area contributed by atoms with E-state index in [1.54, 1.807) is 0 Å². The van der Waals surface area contributed by atoms with E-state index in [4.69, 9.17) is 23.7 Å². The minimum Gasteiger partial charge on any atom is -0.387 e. The van der Waals surface area contributed by atoms with Gasteiger partial charge in [-0.3, -0.25) is 0 Å². The molecule has 2 unspecified atom stereocenters. The van der Waals surface area contributed by atoms with Gasteiger partial charge in [0.15, 0.2) is 11.6 Å². The van der Waals surface area contributed by atoms with Crippen molar-refractivity contribution in [3.8, 4) is 0 Å². The van der Waals surface area contributed by atoms with E-state index in [2.05, 4.69) is 0 Å². The van der Waals surface area contributed by atoms with Crippen LogP contribution in [0.1, 0.15) is 33.3 Å². The van der Waals surface area contributed by atoms with Gasteiger partial charge in [0.05, 0.1) is 6.61 Å². The van der Waals surface area contributed by atoms with E-state index in [1.165, 1.54) is 0 Å². The predicted octanol–water partition coefficient (Wildman–Crippen LogP) is 1.99.